The number of halogens is 1. The van der Waals surface area contributed by atoms with Gasteiger partial charge in [-0.2, -0.15) is 5.26 Å². The number of nitriles is 1. The summed E-state index contributed by atoms with van der Waals surface area (Å²) in [4.78, 5) is 0.163. The molecule has 2 rings (SSSR count). The van der Waals surface area contributed by atoms with Crippen LogP contribution in [0.1, 0.15) is 5.56 Å². The Labute approximate surface area is 133 Å². The number of aliphatic hydroxyl groups excluding tert-OH is 1. The molecule has 0 saturated heterocycles. The van der Waals surface area contributed by atoms with Crippen molar-refractivity contribution >= 4 is 40.3 Å². The van der Waals surface area contributed by atoms with Crippen LogP contribution in [0, 0.1) is 11.3 Å². The normalized spacial score (nSPS) is 11.2. The van der Waals surface area contributed by atoms with E-state index < -0.39 is 0 Å². The van der Waals surface area contributed by atoms with Crippen molar-refractivity contribution < 1.29 is 5.11 Å². The van der Waals surface area contributed by atoms with Crippen LogP contribution < -0.4 is 5.32 Å². The fraction of sp³-hybridized carbons (Fsp3) is 0. The fourth-order valence-corrected chi connectivity index (χ4v) is 2.06. The molecule has 0 aliphatic carbocycles. The maximum absolute atomic E-state index is 10.2. The molecule has 0 aliphatic heterocycles. The second-order valence-corrected chi connectivity index (χ2v) is 5.01. The molecule has 0 fully saturated rings. The quantitative estimate of drug-likeness (QED) is 0.377. The SMILES string of the molecule is N#C/C(C(=S)Nc1ccccc1)=C(\O)c1ccc(Cl)cc1. The molecule has 0 spiro atoms. The lowest BCUT2D eigenvalue weighted by Crippen LogP contribution is -2.12. The summed E-state index contributed by atoms with van der Waals surface area (Å²) in [5.41, 5.74) is 1.24. The molecule has 0 heterocycles. The maximum Gasteiger partial charge on any atom is 0.143 e. The lowest BCUT2D eigenvalue weighted by atomic mass is 10.1. The molecule has 3 nitrogen and oxygen atoms in total. The van der Waals surface area contributed by atoms with Gasteiger partial charge >= 0.3 is 0 Å². The first-order valence-corrected chi connectivity index (χ1v) is 6.86. The van der Waals surface area contributed by atoms with Crippen molar-refractivity contribution in [1.29, 1.82) is 5.26 Å². The van der Waals surface area contributed by atoms with E-state index in [0.29, 0.717) is 10.6 Å². The number of para-hydroxylation sites is 1. The van der Waals surface area contributed by atoms with E-state index in [2.05, 4.69) is 5.32 Å². The molecule has 104 valence electrons. The number of hydrogen-bond donors (Lipinski definition) is 2. The van der Waals surface area contributed by atoms with E-state index in [-0.39, 0.29) is 16.3 Å². The molecule has 0 amide bonds. The van der Waals surface area contributed by atoms with Gasteiger partial charge in [0, 0.05) is 16.3 Å². The fourth-order valence-electron chi connectivity index (χ4n) is 1.68. The van der Waals surface area contributed by atoms with Crippen molar-refractivity contribution in [2.45, 2.75) is 0 Å². The van der Waals surface area contributed by atoms with Crippen LogP contribution in [0.3, 0.4) is 0 Å². The summed E-state index contributed by atoms with van der Waals surface area (Å²) in [6, 6.07) is 17.7. The van der Waals surface area contributed by atoms with E-state index >= 15 is 0 Å². The molecule has 21 heavy (non-hydrogen) atoms. The highest BCUT2D eigenvalue weighted by molar-refractivity contribution is 7.81. The van der Waals surface area contributed by atoms with E-state index in [4.69, 9.17) is 23.8 Å². The summed E-state index contributed by atoms with van der Waals surface area (Å²) < 4.78 is 0. The van der Waals surface area contributed by atoms with Gasteiger partial charge in [-0.1, -0.05) is 42.0 Å². The first kappa shape index (κ1) is 15.0. The minimum Gasteiger partial charge on any atom is -0.506 e. The third-order valence-corrected chi connectivity index (χ3v) is 3.28. The van der Waals surface area contributed by atoms with Crippen molar-refractivity contribution in [3.8, 4) is 6.07 Å². The van der Waals surface area contributed by atoms with E-state index in [1.165, 1.54) is 0 Å². The van der Waals surface area contributed by atoms with Gasteiger partial charge in [-0.25, -0.2) is 0 Å². The van der Waals surface area contributed by atoms with Gasteiger partial charge < -0.3 is 10.4 Å². The minimum atomic E-state index is -0.178. The Balaban J connectivity index is 2.29. The van der Waals surface area contributed by atoms with Gasteiger partial charge in [0.1, 0.15) is 22.4 Å². The predicted octanol–water partition coefficient (Wildman–Crippen LogP) is 4.57. The molecule has 0 bridgehead atoms. The lowest BCUT2D eigenvalue weighted by molar-refractivity contribution is 0.510. The monoisotopic (exact) mass is 314 g/mol. The molecular weight excluding hydrogens is 304 g/mol. The number of nitrogens with one attached hydrogen (secondary N) is 1. The van der Waals surface area contributed by atoms with Gasteiger partial charge in [-0.05, 0) is 36.4 Å². The zero-order valence-electron chi connectivity index (χ0n) is 10.9. The van der Waals surface area contributed by atoms with Gasteiger partial charge in [0.25, 0.3) is 0 Å². The van der Waals surface area contributed by atoms with Crippen molar-refractivity contribution in [2.24, 2.45) is 0 Å². The van der Waals surface area contributed by atoms with Gasteiger partial charge in [-0.15, -0.1) is 0 Å². The highest BCUT2D eigenvalue weighted by Gasteiger charge is 2.13. The van der Waals surface area contributed by atoms with Crippen LogP contribution in [-0.2, 0) is 0 Å². The standard InChI is InChI=1S/C16H11ClN2OS/c17-12-8-6-11(7-9-12)15(20)14(10-18)16(21)19-13-4-2-1-3-5-13/h1-9,20H,(H,19,21)/b15-14+. The van der Waals surface area contributed by atoms with Gasteiger partial charge in [0.05, 0.1) is 0 Å². The van der Waals surface area contributed by atoms with Gasteiger partial charge in [0.2, 0.25) is 0 Å². The molecule has 0 aromatic heterocycles. The lowest BCUT2D eigenvalue weighted by Gasteiger charge is -2.09. The number of rotatable bonds is 3. The average molecular weight is 315 g/mol. The minimum absolute atomic E-state index is 0.0103. The van der Waals surface area contributed by atoms with Crippen LogP contribution in [0.15, 0.2) is 60.2 Å². The first-order valence-electron chi connectivity index (χ1n) is 6.07. The third-order valence-electron chi connectivity index (χ3n) is 2.72. The molecule has 2 aromatic carbocycles. The number of thiocarbonyl (C=S) groups is 1. The summed E-state index contributed by atoms with van der Waals surface area (Å²) >= 11 is 11.0. The molecule has 2 aromatic rings. The molecule has 0 atom stereocenters. The summed E-state index contributed by atoms with van der Waals surface area (Å²) in [5, 5.41) is 22.9. The van der Waals surface area contributed by atoms with Crippen LogP contribution in [0.5, 0.6) is 0 Å². The largest absolute Gasteiger partial charge is 0.506 e. The van der Waals surface area contributed by atoms with Crippen molar-refractivity contribution in [3.05, 3.63) is 70.8 Å². The molecule has 0 unspecified atom stereocenters. The van der Waals surface area contributed by atoms with Crippen molar-refractivity contribution in [2.75, 3.05) is 5.32 Å². The van der Waals surface area contributed by atoms with E-state index in [0.717, 1.165) is 5.69 Å². The van der Waals surface area contributed by atoms with E-state index in [9.17, 15) is 10.4 Å². The Morgan fingerprint density at radius 3 is 2.29 bits per heavy atom. The van der Waals surface area contributed by atoms with E-state index in [1.807, 2.05) is 36.4 Å². The van der Waals surface area contributed by atoms with Crippen LogP contribution >= 0.6 is 23.8 Å². The number of hydrogen-bond acceptors (Lipinski definition) is 3. The second-order valence-electron chi connectivity index (χ2n) is 4.16. The molecule has 5 heteroatoms. The van der Waals surface area contributed by atoms with Crippen LogP contribution in [0.4, 0.5) is 5.69 Å². The summed E-state index contributed by atoms with van der Waals surface area (Å²) in [6.07, 6.45) is 0. The third kappa shape index (κ3) is 3.82. The first-order chi connectivity index (χ1) is 10.1. The predicted molar refractivity (Wildman–Crippen MR) is 89.3 cm³/mol. The zero-order chi connectivity index (χ0) is 15.2. The van der Waals surface area contributed by atoms with E-state index in [1.54, 1.807) is 24.3 Å². The molecular formula is C16H11ClN2OS. The molecule has 0 radical (unpaired) electrons. The Morgan fingerprint density at radius 2 is 1.71 bits per heavy atom. The van der Waals surface area contributed by atoms with Crippen LogP contribution in [0.25, 0.3) is 5.76 Å². The van der Waals surface area contributed by atoms with Crippen molar-refractivity contribution in [3.63, 3.8) is 0 Å². The number of anilines is 1. The molecule has 2 N–H and O–H groups in total. The number of benzene rings is 2. The number of aliphatic hydroxyl groups is 1. The second kappa shape index (κ2) is 6.89. The summed E-state index contributed by atoms with van der Waals surface area (Å²) in [6.45, 7) is 0. The van der Waals surface area contributed by atoms with Crippen LogP contribution in [-0.4, -0.2) is 10.1 Å². The topological polar surface area (TPSA) is 56.0 Å². The Kier molecular flexibility index (Phi) is 4.94. The highest BCUT2D eigenvalue weighted by Crippen LogP contribution is 2.20. The average Bonchev–Trinajstić information content (AvgIpc) is 2.49. The maximum atomic E-state index is 10.2. The highest BCUT2D eigenvalue weighted by atomic mass is 35.5. The van der Waals surface area contributed by atoms with Crippen LogP contribution in [0.2, 0.25) is 5.02 Å². The summed E-state index contributed by atoms with van der Waals surface area (Å²) in [7, 11) is 0. The Morgan fingerprint density at radius 1 is 1.10 bits per heavy atom. The molecule has 0 saturated carbocycles. The Hall–Kier alpha value is -2.35. The Bertz CT molecular complexity index is 718. The smallest absolute Gasteiger partial charge is 0.143 e. The molecule has 0 aliphatic rings. The summed E-state index contributed by atoms with van der Waals surface area (Å²) in [5.74, 6) is -0.178. The van der Waals surface area contributed by atoms with Gasteiger partial charge in [0.15, 0.2) is 0 Å². The number of nitrogens with zero attached hydrogens (tertiary/aromatic N) is 1. The van der Waals surface area contributed by atoms with Gasteiger partial charge in [-0.3, -0.25) is 0 Å². The van der Waals surface area contributed by atoms with Crippen molar-refractivity contribution in [1.82, 2.24) is 0 Å². The zero-order valence-corrected chi connectivity index (χ0v) is 12.4.